The van der Waals surface area contributed by atoms with Gasteiger partial charge in [-0.05, 0) is 39.7 Å². The van der Waals surface area contributed by atoms with E-state index in [9.17, 15) is 4.79 Å². The zero-order valence-electron chi connectivity index (χ0n) is 11.5. The van der Waals surface area contributed by atoms with Gasteiger partial charge < -0.3 is 10.4 Å². The van der Waals surface area contributed by atoms with Gasteiger partial charge >= 0.3 is 0 Å². The molecule has 0 aliphatic heterocycles. The summed E-state index contributed by atoms with van der Waals surface area (Å²) >= 11 is 1.59. The van der Waals surface area contributed by atoms with E-state index in [0.29, 0.717) is 5.13 Å². The number of nitrogens with one attached hydrogen (secondary N) is 1. The number of fused-ring (bicyclic) bond motifs is 1. The topological polar surface area (TPSA) is 65.5 Å². The second-order valence-electron chi connectivity index (χ2n) is 5.09. The van der Waals surface area contributed by atoms with E-state index < -0.39 is 0 Å². The normalized spacial score (nSPS) is 16.2. The van der Waals surface area contributed by atoms with Crippen molar-refractivity contribution in [1.29, 1.82) is 0 Å². The van der Waals surface area contributed by atoms with Gasteiger partial charge in [0.1, 0.15) is 0 Å². The number of likely N-dealkylation sites (N-methyl/N-ethyl adjacent to an activating group) is 1. The minimum Gasteiger partial charge on any atom is -0.395 e. The van der Waals surface area contributed by atoms with Gasteiger partial charge in [-0.2, -0.15) is 0 Å². The van der Waals surface area contributed by atoms with Crippen molar-refractivity contribution in [1.82, 2.24) is 9.88 Å². The summed E-state index contributed by atoms with van der Waals surface area (Å²) < 4.78 is 0. The van der Waals surface area contributed by atoms with Crippen LogP contribution in [0.2, 0.25) is 0 Å². The lowest BCUT2D eigenvalue weighted by Crippen LogP contribution is -2.38. The predicted octanol–water partition coefficient (Wildman–Crippen LogP) is 1.27. The Bertz CT molecular complexity index is 424. The van der Waals surface area contributed by atoms with Crippen molar-refractivity contribution in [3.63, 3.8) is 0 Å². The molecule has 0 saturated heterocycles. The number of aryl methyl sites for hydroxylation is 2. The Kier molecular flexibility index (Phi) is 4.90. The molecule has 1 aliphatic carbocycles. The minimum atomic E-state index is -0.0751. The Morgan fingerprint density at radius 1 is 1.53 bits per heavy atom. The van der Waals surface area contributed by atoms with Gasteiger partial charge in [0.25, 0.3) is 0 Å². The summed E-state index contributed by atoms with van der Waals surface area (Å²) in [5, 5.41) is 12.6. The average molecular weight is 283 g/mol. The van der Waals surface area contributed by atoms with Crippen LogP contribution in [0.1, 0.15) is 30.3 Å². The van der Waals surface area contributed by atoms with Crippen molar-refractivity contribution < 1.29 is 9.90 Å². The highest BCUT2D eigenvalue weighted by atomic mass is 32.1. The number of thiazole rings is 1. The van der Waals surface area contributed by atoms with E-state index in [2.05, 4.69) is 10.3 Å². The Hall–Kier alpha value is -0.980. The van der Waals surface area contributed by atoms with Gasteiger partial charge in [0, 0.05) is 10.9 Å². The second kappa shape index (κ2) is 6.45. The maximum absolute atomic E-state index is 11.9. The van der Waals surface area contributed by atoms with Gasteiger partial charge in [-0.3, -0.25) is 9.69 Å². The van der Waals surface area contributed by atoms with Crippen LogP contribution in [0.25, 0.3) is 0 Å². The zero-order chi connectivity index (χ0) is 13.8. The van der Waals surface area contributed by atoms with E-state index in [1.165, 1.54) is 17.7 Å². The highest BCUT2D eigenvalue weighted by Crippen LogP contribution is 2.29. The summed E-state index contributed by atoms with van der Waals surface area (Å²) in [6.07, 6.45) is 4.54. The van der Waals surface area contributed by atoms with Gasteiger partial charge in [0.15, 0.2) is 5.13 Å². The number of aliphatic hydroxyl groups is 1. The zero-order valence-corrected chi connectivity index (χ0v) is 12.3. The van der Waals surface area contributed by atoms with Crippen molar-refractivity contribution in [3.8, 4) is 0 Å². The fourth-order valence-electron chi connectivity index (χ4n) is 2.09. The van der Waals surface area contributed by atoms with Gasteiger partial charge in [0.2, 0.25) is 5.91 Å². The van der Waals surface area contributed by atoms with E-state index in [0.717, 1.165) is 18.5 Å². The van der Waals surface area contributed by atoms with Crippen LogP contribution in [0.5, 0.6) is 0 Å². The highest BCUT2D eigenvalue weighted by molar-refractivity contribution is 7.15. The molecule has 0 aromatic carbocycles. The molecule has 0 saturated carbocycles. The molecule has 1 aromatic heterocycles. The molecule has 0 fully saturated rings. The number of hydrogen-bond acceptors (Lipinski definition) is 5. The number of rotatable bonds is 5. The van der Waals surface area contributed by atoms with Crippen LogP contribution in [0.15, 0.2) is 0 Å². The number of aromatic nitrogens is 1. The Balaban J connectivity index is 1.90. The van der Waals surface area contributed by atoms with Crippen LogP contribution in [0.4, 0.5) is 5.13 Å². The molecule has 5 nitrogen and oxygen atoms in total. The van der Waals surface area contributed by atoms with Gasteiger partial charge in [-0.15, -0.1) is 11.3 Å². The average Bonchev–Trinajstić information content (AvgIpc) is 2.79. The monoisotopic (exact) mass is 283 g/mol. The molecule has 0 spiro atoms. The number of aliphatic hydroxyl groups excluding tert-OH is 1. The Morgan fingerprint density at radius 3 is 2.95 bits per heavy atom. The van der Waals surface area contributed by atoms with Crippen LogP contribution in [-0.2, 0) is 17.6 Å². The van der Waals surface area contributed by atoms with E-state index in [-0.39, 0.29) is 25.1 Å². The third kappa shape index (κ3) is 3.75. The van der Waals surface area contributed by atoms with Crippen molar-refractivity contribution in [2.24, 2.45) is 0 Å². The molecule has 106 valence electrons. The summed E-state index contributed by atoms with van der Waals surface area (Å²) in [4.78, 5) is 19.5. The molecule has 1 unspecified atom stereocenters. The summed E-state index contributed by atoms with van der Waals surface area (Å²) in [6.45, 7) is 2.21. The Morgan fingerprint density at radius 2 is 2.26 bits per heavy atom. The first-order valence-electron chi connectivity index (χ1n) is 6.69. The molecule has 1 aliphatic rings. The lowest BCUT2D eigenvalue weighted by Gasteiger charge is -2.21. The minimum absolute atomic E-state index is 0.0183. The molecule has 0 bridgehead atoms. The molecular formula is C13H21N3O2S. The number of hydrogen-bond donors (Lipinski definition) is 2. The molecular weight excluding hydrogens is 262 g/mol. The van der Waals surface area contributed by atoms with Crippen LogP contribution in [0, 0.1) is 0 Å². The largest absolute Gasteiger partial charge is 0.395 e. The molecule has 1 aromatic rings. The van der Waals surface area contributed by atoms with Crippen LogP contribution in [-0.4, -0.2) is 47.1 Å². The van der Waals surface area contributed by atoms with Crippen molar-refractivity contribution in [3.05, 3.63) is 10.6 Å². The number of anilines is 1. The summed E-state index contributed by atoms with van der Waals surface area (Å²) in [6, 6.07) is -0.0183. The molecule has 2 N–H and O–H groups in total. The molecule has 2 rings (SSSR count). The van der Waals surface area contributed by atoms with Gasteiger partial charge in [-0.25, -0.2) is 4.98 Å². The number of nitrogens with zero attached hydrogens (tertiary/aromatic N) is 2. The lowest BCUT2D eigenvalue weighted by molar-refractivity contribution is -0.117. The molecule has 1 heterocycles. The van der Waals surface area contributed by atoms with E-state index in [1.807, 2.05) is 18.9 Å². The molecule has 6 heteroatoms. The van der Waals surface area contributed by atoms with Crippen molar-refractivity contribution >= 4 is 22.4 Å². The number of carbonyl (C=O) groups is 1. The standard InChI is InChI=1S/C13H21N3O2S/c1-9(8-17)16(2)7-12(18)15-13-14-10-5-3-4-6-11(10)19-13/h9,17H,3-8H2,1-2H3,(H,14,15,18). The van der Waals surface area contributed by atoms with Crippen molar-refractivity contribution in [2.45, 2.75) is 38.6 Å². The van der Waals surface area contributed by atoms with E-state index in [1.54, 1.807) is 11.3 Å². The third-order valence-electron chi connectivity index (χ3n) is 3.50. The molecule has 1 atom stereocenters. The maximum atomic E-state index is 11.9. The quantitative estimate of drug-likeness (QED) is 0.854. The summed E-state index contributed by atoms with van der Waals surface area (Å²) in [5.41, 5.74) is 1.16. The SMILES string of the molecule is CC(CO)N(C)CC(=O)Nc1nc2c(s1)CCCC2. The number of amides is 1. The third-order valence-corrected chi connectivity index (χ3v) is 4.57. The first-order valence-corrected chi connectivity index (χ1v) is 7.51. The van der Waals surface area contributed by atoms with Gasteiger partial charge in [0.05, 0.1) is 18.8 Å². The fraction of sp³-hybridized carbons (Fsp3) is 0.692. The fourth-order valence-corrected chi connectivity index (χ4v) is 3.15. The van der Waals surface area contributed by atoms with Crippen LogP contribution < -0.4 is 5.32 Å². The molecule has 1 amide bonds. The van der Waals surface area contributed by atoms with E-state index in [4.69, 9.17) is 5.11 Å². The van der Waals surface area contributed by atoms with Crippen LogP contribution in [0.3, 0.4) is 0 Å². The first kappa shape index (κ1) is 14.4. The number of carbonyl (C=O) groups excluding carboxylic acids is 1. The Labute approximate surface area is 117 Å². The smallest absolute Gasteiger partial charge is 0.240 e. The van der Waals surface area contributed by atoms with Gasteiger partial charge in [-0.1, -0.05) is 0 Å². The maximum Gasteiger partial charge on any atom is 0.240 e. The predicted molar refractivity (Wildman–Crippen MR) is 76.6 cm³/mol. The van der Waals surface area contributed by atoms with E-state index >= 15 is 0 Å². The second-order valence-corrected chi connectivity index (χ2v) is 6.17. The summed E-state index contributed by atoms with van der Waals surface area (Å²) in [5.74, 6) is -0.0751. The molecule has 19 heavy (non-hydrogen) atoms. The highest BCUT2D eigenvalue weighted by Gasteiger charge is 2.17. The summed E-state index contributed by atoms with van der Waals surface area (Å²) in [7, 11) is 1.83. The van der Waals surface area contributed by atoms with Crippen LogP contribution >= 0.6 is 11.3 Å². The first-order chi connectivity index (χ1) is 9.10. The lowest BCUT2D eigenvalue weighted by atomic mass is 10.0. The molecule has 0 radical (unpaired) electrons. The van der Waals surface area contributed by atoms with Crippen molar-refractivity contribution in [2.75, 3.05) is 25.5 Å².